The second kappa shape index (κ2) is 5.23. The molecular weight excluding hydrogens is 232 g/mol. The summed E-state index contributed by atoms with van der Waals surface area (Å²) in [5.74, 6) is 0.789. The van der Waals surface area contributed by atoms with Crippen LogP contribution in [0.2, 0.25) is 0 Å². The molecule has 0 aliphatic rings. The summed E-state index contributed by atoms with van der Waals surface area (Å²) in [6, 6.07) is 2.35. The maximum atomic E-state index is 4.50. The van der Waals surface area contributed by atoms with Gasteiger partial charge in [-0.1, -0.05) is 6.92 Å². The third-order valence-corrected chi connectivity index (χ3v) is 3.01. The summed E-state index contributed by atoms with van der Waals surface area (Å²) in [6.45, 7) is 6.29. The quantitative estimate of drug-likeness (QED) is 0.903. The van der Waals surface area contributed by atoms with E-state index in [9.17, 15) is 0 Å². The fourth-order valence-electron chi connectivity index (χ4n) is 1.57. The molecule has 17 heavy (non-hydrogen) atoms. The van der Waals surface area contributed by atoms with E-state index >= 15 is 0 Å². The Kier molecular flexibility index (Phi) is 3.68. The van der Waals surface area contributed by atoms with Crippen molar-refractivity contribution >= 4 is 16.7 Å². The smallest absolute Gasteiger partial charge is 0.203 e. The van der Waals surface area contributed by atoms with Crippen LogP contribution >= 0.6 is 11.5 Å². The number of hydrogen-bond donors (Lipinski definition) is 1. The summed E-state index contributed by atoms with van der Waals surface area (Å²) in [4.78, 5) is 8.63. The molecule has 0 aromatic carbocycles. The molecule has 0 fully saturated rings. The molecule has 0 atom stereocenters. The molecule has 2 aromatic rings. The molecule has 2 rings (SSSR count). The van der Waals surface area contributed by atoms with Crippen LogP contribution in [0.25, 0.3) is 11.4 Å². The van der Waals surface area contributed by atoms with Crippen LogP contribution in [0.3, 0.4) is 0 Å². The van der Waals surface area contributed by atoms with Crippen LogP contribution in [0.15, 0.2) is 18.5 Å². The van der Waals surface area contributed by atoms with Gasteiger partial charge in [0.25, 0.3) is 0 Å². The number of aryl methyl sites for hydroxylation is 1. The molecule has 0 saturated carbocycles. The lowest BCUT2D eigenvalue weighted by Gasteiger charge is -2.04. The zero-order chi connectivity index (χ0) is 12.3. The first-order chi connectivity index (χ1) is 8.20. The third kappa shape index (κ3) is 2.79. The van der Waals surface area contributed by atoms with E-state index < -0.39 is 0 Å². The minimum atomic E-state index is 0.374. The number of nitrogens with one attached hydrogen (secondary N) is 1. The Morgan fingerprint density at radius 1 is 1.41 bits per heavy atom. The number of anilines is 1. The summed E-state index contributed by atoms with van der Waals surface area (Å²) in [6.07, 6.45) is 4.60. The Morgan fingerprint density at radius 2 is 2.24 bits per heavy atom. The van der Waals surface area contributed by atoms with E-state index in [2.05, 4.69) is 40.4 Å². The molecule has 0 radical (unpaired) electrons. The molecule has 0 bridgehead atoms. The fourth-order valence-corrected chi connectivity index (χ4v) is 2.29. The van der Waals surface area contributed by atoms with E-state index in [1.807, 2.05) is 12.3 Å². The fraction of sp³-hybridized carbons (Fsp3) is 0.417. The van der Waals surface area contributed by atoms with Crippen molar-refractivity contribution in [1.29, 1.82) is 0 Å². The molecule has 0 unspecified atom stereocenters. The minimum Gasteiger partial charge on any atom is -0.358 e. The van der Waals surface area contributed by atoms with Gasteiger partial charge in [0.15, 0.2) is 5.82 Å². The number of hydrogen-bond acceptors (Lipinski definition) is 5. The molecule has 5 heteroatoms. The topological polar surface area (TPSA) is 50.7 Å². The summed E-state index contributed by atoms with van der Waals surface area (Å²) >= 11 is 1.40. The van der Waals surface area contributed by atoms with E-state index in [1.54, 1.807) is 6.20 Å². The molecule has 0 amide bonds. The van der Waals surface area contributed by atoms with Crippen LogP contribution in [0.1, 0.15) is 26.3 Å². The molecule has 1 N–H and O–H groups in total. The third-order valence-electron chi connectivity index (χ3n) is 2.36. The first kappa shape index (κ1) is 12.0. The van der Waals surface area contributed by atoms with Gasteiger partial charge in [0, 0.05) is 35.5 Å². The van der Waals surface area contributed by atoms with Crippen molar-refractivity contribution in [1.82, 2.24) is 14.3 Å². The lowest BCUT2D eigenvalue weighted by Crippen LogP contribution is -2.09. The molecule has 0 aliphatic carbocycles. The first-order valence-corrected chi connectivity index (χ1v) is 6.51. The molecule has 0 saturated heterocycles. The minimum absolute atomic E-state index is 0.374. The van der Waals surface area contributed by atoms with Gasteiger partial charge in [-0.05, 0) is 31.9 Å². The predicted octanol–water partition coefficient (Wildman–Crippen LogP) is 2.98. The molecular formula is C12H16N4S. The van der Waals surface area contributed by atoms with E-state index in [4.69, 9.17) is 0 Å². The standard InChI is InChI=1S/C12H16N4S/c1-4-9-7-13-6-5-10(9)11-15-12(17-16-11)14-8(2)3/h5-8H,4H2,1-3H3,(H,14,15,16). The summed E-state index contributed by atoms with van der Waals surface area (Å²) < 4.78 is 4.39. The Morgan fingerprint density at radius 3 is 2.94 bits per heavy atom. The highest BCUT2D eigenvalue weighted by Gasteiger charge is 2.10. The summed E-state index contributed by atoms with van der Waals surface area (Å²) in [5.41, 5.74) is 2.26. The largest absolute Gasteiger partial charge is 0.358 e. The molecule has 2 aromatic heterocycles. The average molecular weight is 248 g/mol. The number of aromatic nitrogens is 3. The van der Waals surface area contributed by atoms with Gasteiger partial charge in [0.05, 0.1) is 0 Å². The number of pyridine rings is 1. The zero-order valence-electron chi connectivity index (χ0n) is 10.3. The van der Waals surface area contributed by atoms with Crippen molar-refractivity contribution in [3.8, 4) is 11.4 Å². The maximum Gasteiger partial charge on any atom is 0.203 e. The van der Waals surface area contributed by atoms with Crippen LogP contribution in [0, 0.1) is 0 Å². The highest BCUT2D eigenvalue weighted by atomic mass is 32.1. The highest BCUT2D eigenvalue weighted by molar-refractivity contribution is 7.09. The first-order valence-electron chi connectivity index (χ1n) is 5.74. The second-order valence-corrected chi connectivity index (χ2v) is 4.86. The van der Waals surface area contributed by atoms with E-state index in [0.29, 0.717) is 6.04 Å². The Bertz CT molecular complexity index is 493. The zero-order valence-corrected chi connectivity index (χ0v) is 11.1. The Labute approximate surface area is 105 Å². The van der Waals surface area contributed by atoms with E-state index in [0.717, 1.165) is 22.9 Å². The van der Waals surface area contributed by atoms with Crippen molar-refractivity contribution < 1.29 is 0 Å². The monoisotopic (exact) mass is 248 g/mol. The van der Waals surface area contributed by atoms with Crippen LogP contribution in [-0.4, -0.2) is 20.4 Å². The molecule has 2 heterocycles. The maximum absolute atomic E-state index is 4.50. The van der Waals surface area contributed by atoms with Crippen LogP contribution in [-0.2, 0) is 6.42 Å². The number of rotatable bonds is 4. The Hall–Kier alpha value is -1.49. The van der Waals surface area contributed by atoms with Crippen molar-refractivity contribution in [2.24, 2.45) is 0 Å². The molecule has 0 aliphatic heterocycles. The van der Waals surface area contributed by atoms with Gasteiger partial charge in [-0.25, -0.2) is 0 Å². The van der Waals surface area contributed by atoms with Crippen molar-refractivity contribution in [2.45, 2.75) is 33.2 Å². The van der Waals surface area contributed by atoms with Crippen molar-refractivity contribution in [3.05, 3.63) is 24.0 Å². The second-order valence-electron chi connectivity index (χ2n) is 4.11. The Balaban J connectivity index is 2.30. The van der Waals surface area contributed by atoms with Gasteiger partial charge in [-0.2, -0.15) is 9.36 Å². The van der Waals surface area contributed by atoms with E-state index in [-0.39, 0.29) is 0 Å². The number of nitrogens with zero attached hydrogens (tertiary/aromatic N) is 3. The van der Waals surface area contributed by atoms with Gasteiger partial charge < -0.3 is 5.32 Å². The molecule has 0 spiro atoms. The van der Waals surface area contributed by atoms with Gasteiger partial charge in [0.2, 0.25) is 5.13 Å². The normalized spacial score (nSPS) is 10.8. The van der Waals surface area contributed by atoms with Crippen LogP contribution < -0.4 is 5.32 Å². The lowest BCUT2D eigenvalue weighted by atomic mass is 10.1. The predicted molar refractivity (Wildman–Crippen MR) is 71.3 cm³/mol. The molecule has 4 nitrogen and oxygen atoms in total. The van der Waals surface area contributed by atoms with Crippen LogP contribution in [0.5, 0.6) is 0 Å². The highest BCUT2D eigenvalue weighted by Crippen LogP contribution is 2.24. The van der Waals surface area contributed by atoms with Crippen molar-refractivity contribution in [2.75, 3.05) is 5.32 Å². The van der Waals surface area contributed by atoms with Crippen LogP contribution in [0.4, 0.5) is 5.13 Å². The van der Waals surface area contributed by atoms with Gasteiger partial charge >= 0.3 is 0 Å². The summed E-state index contributed by atoms with van der Waals surface area (Å²) in [5, 5.41) is 4.13. The van der Waals surface area contributed by atoms with Gasteiger partial charge in [-0.3, -0.25) is 4.98 Å². The molecule has 90 valence electrons. The SMILES string of the molecule is CCc1cnccc1-c1nsc(NC(C)C)n1. The van der Waals surface area contributed by atoms with Gasteiger partial charge in [0.1, 0.15) is 0 Å². The van der Waals surface area contributed by atoms with E-state index in [1.165, 1.54) is 17.1 Å². The van der Waals surface area contributed by atoms with Crippen molar-refractivity contribution in [3.63, 3.8) is 0 Å². The van der Waals surface area contributed by atoms with Gasteiger partial charge in [-0.15, -0.1) is 0 Å². The average Bonchev–Trinajstić information content (AvgIpc) is 2.76. The lowest BCUT2D eigenvalue weighted by molar-refractivity contribution is 0.896. The summed E-state index contributed by atoms with van der Waals surface area (Å²) in [7, 11) is 0.